The van der Waals surface area contributed by atoms with E-state index in [9.17, 15) is 18.3 Å². The van der Waals surface area contributed by atoms with Gasteiger partial charge in [-0.05, 0) is 36.2 Å². The largest absolute Gasteiger partial charge is 0.549 e. The molecule has 0 N–H and O–H groups in total. The number of carboxylic acid groups (broad SMARTS) is 1. The van der Waals surface area contributed by atoms with Gasteiger partial charge in [-0.15, -0.1) is 0 Å². The number of carbonyl (C=O) groups is 1. The number of rotatable bonds is 8. The monoisotopic (exact) mass is 348 g/mol. The zero-order valence-electron chi connectivity index (χ0n) is 13.2. The van der Waals surface area contributed by atoms with Crippen LogP contribution in [0.1, 0.15) is 5.56 Å². The highest BCUT2D eigenvalue weighted by Gasteiger charge is 2.24. The molecule has 0 unspecified atom stereocenters. The fourth-order valence-electron chi connectivity index (χ4n) is 2.22. The van der Waals surface area contributed by atoms with Gasteiger partial charge in [-0.1, -0.05) is 30.3 Å². The van der Waals surface area contributed by atoms with Crippen molar-refractivity contribution in [3.63, 3.8) is 0 Å². The zero-order valence-corrected chi connectivity index (χ0v) is 14.0. The summed E-state index contributed by atoms with van der Waals surface area (Å²) in [4.78, 5) is 11.0. The normalized spacial score (nSPS) is 11.4. The van der Waals surface area contributed by atoms with Crippen molar-refractivity contribution >= 4 is 16.0 Å². The van der Waals surface area contributed by atoms with E-state index in [2.05, 4.69) is 0 Å². The Kier molecular flexibility index (Phi) is 5.94. The van der Waals surface area contributed by atoms with Crippen molar-refractivity contribution in [2.75, 3.05) is 20.2 Å². The van der Waals surface area contributed by atoms with Crippen LogP contribution in [0.25, 0.3) is 0 Å². The number of sulfonamides is 1. The lowest BCUT2D eigenvalue weighted by molar-refractivity contribution is -0.305. The molecule has 6 nitrogen and oxygen atoms in total. The number of hydrogen-bond donors (Lipinski definition) is 0. The fourth-order valence-corrected chi connectivity index (χ4v) is 3.61. The summed E-state index contributed by atoms with van der Waals surface area (Å²) in [7, 11) is -2.46. The van der Waals surface area contributed by atoms with Gasteiger partial charge >= 0.3 is 0 Å². The highest BCUT2D eigenvalue weighted by atomic mass is 32.2. The summed E-state index contributed by atoms with van der Waals surface area (Å²) in [5, 5.41) is 11.0. The molecule has 24 heavy (non-hydrogen) atoms. The van der Waals surface area contributed by atoms with Gasteiger partial charge < -0.3 is 14.6 Å². The zero-order chi connectivity index (χ0) is 17.6. The summed E-state index contributed by atoms with van der Waals surface area (Å²) in [6, 6.07) is 15.1. The van der Waals surface area contributed by atoms with Gasteiger partial charge in [-0.2, -0.15) is 4.31 Å². The van der Waals surface area contributed by atoms with Crippen molar-refractivity contribution in [2.45, 2.75) is 11.3 Å². The maximum Gasteiger partial charge on any atom is 0.243 e. The maximum absolute atomic E-state index is 12.7. The van der Waals surface area contributed by atoms with E-state index in [4.69, 9.17) is 4.74 Å². The first-order valence-electron chi connectivity index (χ1n) is 7.31. The van der Waals surface area contributed by atoms with Crippen LogP contribution in [0.2, 0.25) is 0 Å². The van der Waals surface area contributed by atoms with Crippen LogP contribution in [0.4, 0.5) is 0 Å². The molecule has 0 radical (unpaired) electrons. The Hall–Kier alpha value is -2.38. The van der Waals surface area contributed by atoms with Crippen LogP contribution in [0, 0.1) is 0 Å². The molecule has 0 saturated heterocycles. The van der Waals surface area contributed by atoms with Gasteiger partial charge in [0.15, 0.2) is 0 Å². The molecule has 0 atom stereocenters. The van der Waals surface area contributed by atoms with Gasteiger partial charge in [0.1, 0.15) is 5.75 Å². The summed E-state index contributed by atoms with van der Waals surface area (Å²) < 4.78 is 31.3. The van der Waals surface area contributed by atoms with Crippen molar-refractivity contribution in [1.29, 1.82) is 0 Å². The van der Waals surface area contributed by atoms with Crippen LogP contribution in [0.15, 0.2) is 59.5 Å². The molecule has 7 heteroatoms. The van der Waals surface area contributed by atoms with Gasteiger partial charge in [-0.3, -0.25) is 0 Å². The van der Waals surface area contributed by atoms with E-state index in [1.54, 1.807) is 0 Å². The van der Waals surface area contributed by atoms with Gasteiger partial charge in [0.2, 0.25) is 10.0 Å². The van der Waals surface area contributed by atoms with Crippen molar-refractivity contribution < 1.29 is 23.1 Å². The molecule has 0 aromatic heterocycles. The van der Waals surface area contributed by atoms with Crippen LogP contribution in [0.3, 0.4) is 0 Å². The topological polar surface area (TPSA) is 86.7 Å². The molecule has 0 bridgehead atoms. The van der Waals surface area contributed by atoms with E-state index in [-0.39, 0.29) is 11.4 Å². The number of carbonyl (C=O) groups excluding carboxylic acids is 1. The molecule has 0 amide bonds. The van der Waals surface area contributed by atoms with Gasteiger partial charge in [-0.25, -0.2) is 8.42 Å². The summed E-state index contributed by atoms with van der Waals surface area (Å²) >= 11 is 0. The van der Waals surface area contributed by atoms with E-state index in [1.165, 1.54) is 31.4 Å². The minimum absolute atomic E-state index is 0.0117. The predicted octanol–water partition coefficient (Wildman–Crippen LogP) is 0.678. The average molecular weight is 348 g/mol. The molecule has 0 spiro atoms. The number of benzene rings is 2. The lowest BCUT2D eigenvalue weighted by atomic mass is 10.1. The highest BCUT2D eigenvalue weighted by molar-refractivity contribution is 7.89. The molecule has 0 heterocycles. The van der Waals surface area contributed by atoms with Gasteiger partial charge in [0, 0.05) is 6.54 Å². The maximum atomic E-state index is 12.7. The third kappa shape index (κ3) is 4.56. The Morgan fingerprint density at radius 2 is 1.71 bits per heavy atom. The molecule has 0 saturated carbocycles. The minimum Gasteiger partial charge on any atom is -0.549 e. The Balaban J connectivity index is 2.22. The van der Waals surface area contributed by atoms with E-state index in [0.29, 0.717) is 12.2 Å². The number of hydrogen-bond acceptors (Lipinski definition) is 5. The second-order valence-corrected chi connectivity index (χ2v) is 7.06. The van der Waals surface area contributed by atoms with Crippen molar-refractivity contribution in [2.24, 2.45) is 0 Å². The number of methoxy groups -OCH3 is 1. The van der Waals surface area contributed by atoms with Crippen LogP contribution >= 0.6 is 0 Å². The molecule has 0 aliphatic heterocycles. The molecule has 0 aliphatic carbocycles. The van der Waals surface area contributed by atoms with E-state index in [1.807, 2.05) is 30.3 Å². The minimum atomic E-state index is -3.93. The SMILES string of the molecule is COc1ccc(S(=O)(=O)N(CCc2ccccc2)CC(=O)[O-])cc1. The van der Waals surface area contributed by atoms with Gasteiger partial charge in [0.05, 0.1) is 24.5 Å². The molecule has 0 fully saturated rings. The number of ether oxygens (including phenoxy) is 1. The molecule has 128 valence electrons. The number of carboxylic acids is 1. The Morgan fingerprint density at radius 3 is 2.25 bits per heavy atom. The van der Waals surface area contributed by atoms with E-state index >= 15 is 0 Å². The lowest BCUT2D eigenvalue weighted by Gasteiger charge is -2.22. The van der Waals surface area contributed by atoms with Crippen LogP contribution in [0.5, 0.6) is 5.75 Å². The van der Waals surface area contributed by atoms with Crippen LogP contribution in [-0.4, -0.2) is 38.9 Å². The first-order chi connectivity index (χ1) is 11.4. The summed E-state index contributed by atoms with van der Waals surface area (Å²) in [6.07, 6.45) is 0.406. The quantitative estimate of drug-likeness (QED) is 0.700. The highest BCUT2D eigenvalue weighted by Crippen LogP contribution is 2.19. The smallest absolute Gasteiger partial charge is 0.243 e. The predicted molar refractivity (Wildman–Crippen MR) is 86.9 cm³/mol. The van der Waals surface area contributed by atoms with Crippen LogP contribution in [-0.2, 0) is 21.2 Å². The number of nitrogens with zero attached hydrogens (tertiary/aromatic N) is 1. The Morgan fingerprint density at radius 1 is 1.08 bits per heavy atom. The fraction of sp³-hybridized carbons (Fsp3) is 0.235. The Labute approximate surface area is 141 Å². The van der Waals surface area contributed by atoms with Gasteiger partial charge in [0.25, 0.3) is 0 Å². The van der Waals surface area contributed by atoms with E-state index < -0.39 is 22.5 Å². The molecule has 2 aromatic rings. The van der Waals surface area contributed by atoms with Crippen LogP contribution < -0.4 is 9.84 Å². The molecule has 0 aliphatic rings. The second-order valence-electron chi connectivity index (χ2n) is 5.12. The van der Waals surface area contributed by atoms with Crippen molar-refractivity contribution in [1.82, 2.24) is 4.31 Å². The first kappa shape index (κ1) is 18.0. The molecular weight excluding hydrogens is 330 g/mol. The average Bonchev–Trinajstić information content (AvgIpc) is 2.59. The summed E-state index contributed by atoms with van der Waals surface area (Å²) in [5.41, 5.74) is 0.922. The third-order valence-corrected chi connectivity index (χ3v) is 5.35. The third-order valence-electron chi connectivity index (χ3n) is 3.50. The number of aliphatic carboxylic acids is 1. The van der Waals surface area contributed by atoms with Crippen molar-refractivity contribution in [3.8, 4) is 5.75 Å². The standard InChI is InChI=1S/C17H19NO5S/c1-23-15-7-9-16(10-8-15)24(21,22)18(13-17(19)20)12-11-14-5-3-2-4-6-14/h2-10H,11-13H2,1H3,(H,19,20)/p-1. The molecule has 2 aromatic carbocycles. The lowest BCUT2D eigenvalue weighted by Crippen LogP contribution is -2.42. The molecule has 2 rings (SSSR count). The molecular formula is C17H18NO5S-. The Bertz CT molecular complexity index is 772. The van der Waals surface area contributed by atoms with E-state index in [0.717, 1.165) is 9.87 Å². The first-order valence-corrected chi connectivity index (χ1v) is 8.75. The van der Waals surface area contributed by atoms with Crippen molar-refractivity contribution in [3.05, 3.63) is 60.2 Å². The second kappa shape index (κ2) is 7.94. The summed E-state index contributed by atoms with van der Waals surface area (Å²) in [5.74, 6) is -0.926. The summed E-state index contributed by atoms with van der Waals surface area (Å²) in [6.45, 7) is -0.645.